The maximum atomic E-state index is 9.67. The third kappa shape index (κ3) is 4.59. The standard InChI is InChI=1S/C15H12N.BF3.FH/c1-2-9-14(10-3-1)16-12-6-8-13-7-4-5-11-15(13)16;2-1(3)4;/h1-12H;;1H/q+1;;/p-1. The van der Waals surface area contributed by atoms with Crippen molar-refractivity contribution in [3.05, 3.63) is 72.9 Å². The van der Waals surface area contributed by atoms with E-state index in [9.17, 15) is 12.9 Å². The average molecular weight is 293 g/mol. The van der Waals surface area contributed by atoms with E-state index in [0.717, 1.165) is 0 Å². The van der Waals surface area contributed by atoms with Gasteiger partial charge in [0.2, 0.25) is 11.2 Å². The number of hydrogen-bond donors (Lipinski definition) is 0. The normalized spacial score (nSPS) is 9.29. The summed E-state index contributed by atoms with van der Waals surface area (Å²) in [4.78, 5) is 0. The minimum absolute atomic E-state index is 0. The Hall–Kier alpha value is -2.37. The molecular weight excluding hydrogens is 281 g/mol. The molecule has 3 aromatic rings. The van der Waals surface area contributed by atoms with E-state index in [4.69, 9.17) is 0 Å². The number of hydrogen-bond acceptors (Lipinski definition) is 0. The molecule has 0 spiro atoms. The summed E-state index contributed by atoms with van der Waals surface area (Å²) in [7, 11) is -3.67. The lowest BCUT2D eigenvalue weighted by atomic mass is 10.2. The van der Waals surface area contributed by atoms with Gasteiger partial charge in [-0.25, -0.2) is 0 Å². The number of pyridine rings is 1. The molecule has 1 nitrogen and oxygen atoms in total. The van der Waals surface area contributed by atoms with Crippen molar-refractivity contribution < 1.29 is 22.2 Å². The summed E-state index contributed by atoms with van der Waals surface area (Å²) in [6, 6.07) is 23.0. The van der Waals surface area contributed by atoms with Crippen LogP contribution in [0.2, 0.25) is 0 Å². The van der Waals surface area contributed by atoms with Crippen LogP contribution in [0.25, 0.3) is 16.6 Å². The Kier molecular flexibility index (Phi) is 6.39. The number of nitrogens with zero attached hydrogens (tertiary/aromatic N) is 1. The molecular formula is C15H12BF4N. The van der Waals surface area contributed by atoms with Crippen molar-refractivity contribution in [2.45, 2.75) is 0 Å². The van der Waals surface area contributed by atoms with Crippen LogP contribution < -0.4 is 9.27 Å². The SMILES string of the molecule is FB(F)F.[F-].c1ccc(-[n+]2cccc3ccccc32)cc1. The second-order valence-electron chi connectivity index (χ2n) is 4.02. The van der Waals surface area contributed by atoms with Crippen LogP contribution >= 0.6 is 0 Å². The first-order valence-electron chi connectivity index (χ1n) is 6.05. The first-order chi connectivity index (χ1) is 9.68. The van der Waals surface area contributed by atoms with Crippen LogP contribution in [0.4, 0.5) is 12.9 Å². The molecule has 0 aliphatic carbocycles. The van der Waals surface area contributed by atoms with E-state index in [2.05, 4.69) is 71.4 Å². The van der Waals surface area contributed by atoms with E-state index in [-0.39, 0.29) is 4.70 Å². The van der Waals surface area contributed by atoms with Crippen LogP contribution in [-0.4, -0.2) is 7.54 Å². The number of aromatic nitrogens is 1. The van der Waals surface area contributed by atoms with Gasteiger partial charge in [0, 0.05) is 29.7 Å². The van der Waals surface area contributed by atoms with Gasteiger partial charge in [-0.3, -0.25) is 12.9 Å². The highest BCUT2D eigenvalue weighted by molar-refractivity contribution is 6.33. The van der Waals surface area contributed by atoms with E-state index in [1.54, 1.807) is 0 Å². The Balaban J connectivity index is 0.000000397. The fraction of sp³-hybridized carbons (Fsp3) is 0. The van der Waals surface area contributed by atoms with Crippen molar-refractivity contribution in [2.75, 3.05) is 0 Å². The van der Waals surface area contributed by atoms with Gasteiger partial charge in [0.1, 0.15) is 0 Å². The maximum absolute atomic E-state index is 9.67. The zero-order valence-corrected chi connectivity index (χ0v) is 11.0. The highest BCUT2D eigenvalue weighted by atomic mass is 19.4. The van der Waals surface area contributed by atoms with Crippen molar-refractivity contribution >= 4 is 18.4 Å². The Bertz CT molecular complexity index is 669. The molecule has 0 aliphatic rings. The maximum Gasteiger partial charge on any atom is 0.762 e. The predicted molar refractivity (Wildman–Crippen MR) is 74.6 cm³/mol. The summed E-state index contributed by atoms with van der Waals surface area (Å²) in [5.74, 6) is 0. The third-order valence-electron chi connectivity index (χ3n) is 2.74. The van der Waals surface area contributed by atoms with Crippen molar-refractivity contribution in [3.63, 3.8) is 0 Å². The van der Waals surface area contributed by atoms with E-state index in [1.807, 2.05) is 6.07 Å². The first-order valence-corrected chi connectivity index (χ1v) is 6.05. The Morgan fingerprint density at radius 3 is 1.90 bits per heavy atom. The molecule has 108 valence electrons. The summed E-state index contributed by atoms with van der Waals surface area (Å²) < 4.78 is 31.2. The van der Waals surface area contributed by atoms with Gasteiger partial charge in [-0.2, -0.15) is 4.57 Å². The summed E-state index contributed by atoms with van der Waals surface area (Å²) in [6.45, 7) is 0. The zero-order valence-electron chi connectivity index (χ0n) is 11.0. The molecule has 0 atom stereocenters. The van der Waals surface area contributed by atoms with Gasteiger partial charge in [0.25, 0.3) is 0 Å². The number of rotatable bonds is 1. The van der Waals surface area contributed by atoms with Crippen LogP contribution in [0.1, 0.15) is 0 Å². The van der Waals surface area contributed by atoms with Crippen LogP contribution in [0.15, 0.2) is 72.9 Å². The Morgan fingerprint density at radius 1 is 0.714 bits per heavy atom. The van der Waals surface area contributed by atoms with Gasteiger partial charge < -0.3 is 4.70 Å². The quantitative estimate of drug-likeness (QED) is 0.358. The van der Waals surface area contributed by atoms with E-state index in [0.29, 0.717) is 0 Å². The van der Waals surface area contributed by atoms with E-state index in [1.165, 1.54) is 16.6 Å². The molecule has 2 aromatic carbocycles. The molecule has 0 radical (unpaired) electrons. The molecule has 0 amide bonds. The van der Waals surface area contributed by atoms with Gasteiger partial charge in [-0.1, -0.05) is 30.3 Å². The van der Waals surface area contributed by atoms with Gasteiger partial charge in [0.05, 0.1) is 0 Å². The fourth-order valence-electron chi connectivity index (χ4n) is 1.97. The summed E-state index contributed by atoms with van der Waals surface area (Å²) >= 11 is 0. The van der Waals surface area contributed by atoms with E-state index < -0.39 is 7.54 Å². The number of para-hydroxylation sites is 2. The second-order valence-corrected chi connectivity index (χ2v) is 4.02. The molecule has 3 rings (SSSR count). The van der Waals surface area contributed by atoms with Crippen molar-refractivity contribution in [2.24, 2.45) is 0 Å². The molecule has 0 saturated carbocycles. The van der Waals surface area contributed by atoms with E-state index >= 15 is 0 Å². The highest BCUT2D eigenvalue weighted by Gasteiger charge is 2.09. The molecule has 0 N–H and O–H groups in total. The smallest absolute Gasteiger partial charge is 0.762 e. The van der Waals surface area contributed by atoms with Crippen LogP contribution in [0.3, 0.4) is 0 Å². The predicted octanol–water partition coefficient (Wildman–Crippen LogP) is 1.00. The van der Waals surface area contributed by atoms with Crippen molar-refractivity contribution in [1.29, 1.82) is 0 Å². The van der Waals surface area contributed by atoms with Gasteiger partial charge in [0.15, 0.2) is 6.20 Å². The topological polar surface area (TPSA) is 3.88 Å². The molecule has 0 aliphatic heterocycles. The Morgan fingerprint density at radius 2 is 1.24 bits per heavy atom. The van der Waals surface area contributed by atoms with Crippen LogP contribution in [0.5, 0.6) is 0 Å². The van der Waals surface area contributed by atoms with Gasteiger partial charge in [-0.15, -0.1) is 0 Å². The highest BCUT2D eigenvalue weighted by Crippen LogP contribution is 2.10. The molecule has 0 bridgehead atoms. The summed E-state index contributed by atoms with van der Waals surface area (Å²) in [5, 5.41) is 1.26. The van der Waals surface area contributed by atoms with Gasteiger partial charge >= 0.3 is 7.54 Å². The fourth-order valence-corrected chi connectivity index (χ4v) is 1.97. The minimum atomic E-state index is -3.67. The largest absolute Gasteiger partial charge is 1.00 e. The van der Waals surface area contributed by atoms with Crippen LogP contribution in [-0.2, 0) is 0 Å². The lowest BCUT2D eigenvalue weighted by molar-refractivity contribution is -0.567. The lowest BCUT2D eigenvalue weighted by Gasteiger charge is -1.99. The third-order valence-corrected chi connectivity index (χ3v) is 2.74. The molecule has 0 unspecified atom stereocenters. The number of benzene rings is 2. The lowest BCUT2D eigenvalue weighted by Crippen LogP contribution is -3.00. The molecule has 6 heteroatoms. The second kappa shape index (κ2) is 8.04. The first kappa shape index (κ1) is 16.7. The average Bonchev–Trinajstić information content (AvgIpc) is 2.47. The summed E-state index contributed by atoms with van der Waals surface area (Å²) in [6.07, 6.45) is 2.09. The molecule has 1 heterocycles. The summed E-state index contributed by atoms with van der Waals surface area (Å²) in [5.41, 5.74) is 2.43. The molecule has 0 fully saturated rings. The van der Waals surface area contributed by atoms with Crippen molar-refractivity contribution in [1.82, 2.24) is 0 Å². The van der Waals surface area contributed by atoms with Gasteiger partial charge in [-0.05, 0) is 12.1 Å². The monoisotopic (exact) mass is 293 g/mol. The Labute approximate surface area is 120 Å². The molecule has 1 aromatic heterocycles. The molecule has 0 saturated heterocycles. The molecule has 21 heavy (non-hydrogen) atoms. The zero-order chi connectivity index (χ0) is 14.4. The number of halogens is 4. The minimum Gasteiger partial charge on any atom is -1.00 e. The number of fused-ring (bicyclic) bond motifs is 1. The van der Waals surface area contributed by atoms with Crippen LogP contribution in [0, 0.1) is 0 Å². The van der Waals surface area contributed by atoms with Crippen molar-refractivity contribution in [3.8, 4) is 5.69 Å².